The maximum atomic E-state index is 14.1. The van der Waals surface area contributed by atoms with Crippen LogP contribution in [0.5, 0.6) is 11.5 Å². The highest BCUT2D eigenvalue weighted by molar-refractivity contribution is 5.97. The third-order valence-electron chi connectivity index (χ3n) is 4.13. The zero-order valence-corrected chi connectivity index (χ0v) is 14.8. The Morgan fingerprint density at radius 2 is 1.84 bits per heavy atom. The summed E-state index contributed by atoms with van der Waals surface area (Å²) >= 11 is 0. The molecule has 1 atom stereocenters. The van der Waals surface area contributed by atoms with Crippen LogP contribution in [0.15, 0.2) is 42.5 Å². The fourth-order valence-electron chi connectivity index (χ4n) is 2.50. The molecule has 5 nitrogen and oxygen atoms in total. The molecular formula is C19H22FNO4. The number of rotatable bonds is 7. The summed E-state index contributed by atoms with van der Waals surface area (Å²) in [6.07, 6.45) is 0. The van der Waals surface area contributed by atoms with Gasteiger partial charge in [0.25, 0.3) is 5.91 Å². The molecule has 134 valence electrons. The number of nitrogens with one attached hydrogen (secondary N) is 1. The quantitative estimate of drug-likeness (QED) is 0.836. The molecule has 0 saturated carbocycles. The molecule has 0 bridgehead atoms. The van der Waals surface area contributed by atoms with E-state index in [9.17, 15) is 9.18 Å². The number of carbonyl (C=O) groups excluding carboxylic acids is 1. The van der Waals surface area contributed by atoms with Crippen LogP contribution in [0.4, 0.5) is 4.39 Å². The third kappa shape index (κ3) is 4.09. The van der Waals surface area contributed by atoms with E-state index in [1.54, 1.807) is 43.3 Å². The largest absolute Gasteiger partial charge is 0.497 e. The second-order valence-corrected chi connectivity index (χ2v) is 5.66. The van der Waals surface area contributed by atoms with Gasteiger partial charge in [-0.1, -0.05) is 18.2 Å². The van der Waals surface area contributed by atoms with Gasteiger partial charge in [0.15, 0.2) is 0 Å². The zero-order valence-electron chi connectivity index (χ0n) is 14.8. The monoisotopic (exact) mass is 347 g/mol. The number of ether oxygens (including phenoxy) is 3. The molecule has 1 unspecified atom stereocenters. The van der Waals surface area contributed by atoms with Gasteiger partial charge in [0.2, 0.25) is 0 Å². The van der Waals surface area contributed by atoms with E-state index in [4.69, 9.17) is 14.2 Å². The Kier molecular flexibility index (Phi) is 5.98. The smallest absolute Gasteiger partial charge is 0.255 e. The van der Waals surface area contributed by atoms with Crippen LogP contribution >= 0.6 is 0 Å². The minimum Gasteiger partial charge on any atom is -0.497 e. The van der Waals surface area contributed by atoms with Crippen molar-refractivity contribution in [3.05, 3.63) is 59.4 Å². The summed E-state index contributed by atoms with van der Waals surface area (Å²) in [5.41, 5.74) is -0.268. The van der Waals surface area contributed by atoms with Crippen LogP contribution in [0.2, 0.25) is 0 Å². The summed E-state index contributed by atoms with van der Waals surface area (Å²) in [4.78, 5) is 12.5. The van der Waals surface area contributed by atoms with Crippen molar-refractivity contribution in [2.45, 2.75) is 12.5 Å². The summed E-state index contributed by atoms with van der Waals surface area (Å²) in [6.45, 7) is 1.81. The highest BCUT2D eigenvalue weighted by Crippen LogP contribution is 2.28. The van der Waals surface area contributed by atoms with Crippen molar-refractivity contribution in [3.63, 3.8) is 0 Å². The maximum Gasteiger partial charge on any atom is 0.255 e. The first-order chi connectivity index (χ1) is 11.9. The van der Waals surface area contributed by atoms with Crippen LogP contribution in [-0.4, -0.2) is 33.8 Å². The molecule has 0 saturated heterocycles. The molecule has 2 aromatic rings. The summed E-state index contributed by atoms with van der Waals surface area (Å²) < 4.78 is 29.9. The molecular weight excluding hydrogens is 325 g/mol. The van der Waals surface area contributed by atoms with Crippen molar-refractivity contribution in [2.24, 2.45) is 0 Å². The molecule has 2 rings (SSSR count). The van der Waals surface area contributed by atoms with Crippen LogP contribution in [0.1, 0.15) is 22.8 Å². The number of halogens is 1. The van der Waals surface area contributed by atoms with Gasteiger partial charge in [-0.3, -0.25) is 4.79 Å². The van der Waals surface area contributed by atoms with Gasteiger partial charge in [-0.15, -0.1) is 0 Å². The molecule has 0 aliphatic rings. The SMILES string of the molecule is COc1ccc(C(=O)NCC(C)(OC)c2ccccc2F)c(OC)c1. The molecule has 1 N–H and O–H groups in total. The van der Waals surface area contributed by atoms with E-state index in [1.807, 2.05) is 0 Å². The Balaban J connectivity index is 2.19. The lowest BCUT2D eigenvalue weighted by atomic mass is 9.95. The van der Waals surface area contributed by atoms with Crippen molar-refractivity contribution in [2.75, 3.05) is 27.9 Å². The fraction of sp³-hybridized carbons (Fsp3) is 0.316. The Bertz CT molecular complexity index is 750. The topological polar surface area (TPSA) is 56.8 Å². The van der Waals surface area contributed by atoms with E-state index >= 15 is 0 Å². The standard InChI is InChI=1S/C19H22FNO4/c1-19(25-4,15-7-5-6-8-16(15)20)12-21-18(22)14-10-9-13(23-2)11-17(14)24-3/h5-11H,12H2,1-4H3,(H,21,22). The Morgan fingerprint density at radius 3 is 2.44 bits per heavy atom. The predicted molar refractivity (Wildman–Crippen MR) is 92.6 cm³/mol. The molecule has 0 fully saturated rings. The zero-order chi connectivity index (χ0) is 18.4. The lowest BCUT2D eigenvalue weighted by Crippen LogP contribution is -2.40. The molecule has 6 heteroatoms. The number of hydrogen-bond donors (Lipinski definition) is 1. The van der Waals surface area contributed by atoms with Gasteiger partial charge in [-0.25, -0.2) is 4.39 Å². The summed E-state index contributed by atoms with van der Waals surface area (Å²) in [7, 11) is 4.49. The van der Waals surface area contributed by atoms with Crippen molar-refractivity contribution in [1.82, 2.24) is 5.32 Å². The Morgan fingerprint density at radius 1 is 1.12 bits per heavy atom. The van der Waals surface area contributed by atoms with Crippen molar-refractivity contribution < 1.29 is 23.4 Å². The third-order valence-corrected chi connectivity index (χ3v) is 4.13. The van der Waals surface area contributed by atoms with Crippen LogP contribution in [0.3, 0.4) is 0 Å². The van der Waals surface area contributed by atoms with E-state index in [0.717, 1.165) is 0 Å². The molecule has 25 heavy (non-hydrogen) atoms. The maximum absolute atomic E-state index is 14.1. The van der Waals surface area contributed by atoms with Gasteiger partial charge >= 0.3 is 0 Å². The molecule has 0 heterocycles. The van der Waals surface area contributed by atoms with Crippen LogP contribution in [-0.2, 0) is 10.3 Å². The Hall–Kier alpha value is -2.60. The second-order valence-electron chi connectivity index (χ2n) is 5.66. The van der Waals surface area contributed by atoms with E-state index in [1.165, 1.54) is 27.4 Å². The van der Waals surface area contributed by atoms with Gasteiger partial charge < -0.3 is 19.5 Å². The number of carbonyl (C=O) groups is 1. The van der Waals surface area contributed by atoms with Gasteiger partial charge in [-0.2, -0.15) is 0 Å². The summed E-state index contributed by atoms with van der Waals surface area (Å²) in [6, 6.07) is 11.2. The highest BCUT2D eigenvalue weighted by atomic mass is 19.1. The molecule has 0 aromatic heterocycles. The summed E-state index contributed by atoms with van der Waals surface area (Å²) in [5, 5.41) is 2.78. The van der Waals surface area contributed by atoms with Gasteiger partial charge in [-0.05, 0) is 25.1 Å². The lowest BCUT2D eigenvalue weighted by molar-refractivity contribution is 0.000366. The molecule has 0 aliphatic carbocycles. The number of amides is 1. The summed E-state index contributed by atoms with van der Waals surface area (Å²) in [5.74, 6) is 0.241. The van der Waals surface area contributed by atoms with Crippen LogP contribution in [0, 0.1) is 5.82 Å². The second kappa shape index (κ2) is 7.98. The van der Waals surface area contributed by atoms with Crippen molar-refractivity contribution in [1.29, 1.82) is 0 Å². The first kappa shape index (κ1) is 18.7. The average molecular weight is 347 g/mol. The van der Waals surface area contributed by atoms with Gasteiger partial charge in [0, 0.05) is 18.7 Å². The molecule has 2 aromatic carbocycles. The first-order valence-electron chi connectivity index (χ1n) is 7.75. The van der Waals surface area contributed by atoms with E-state index in [-0.39, 0.29) is 18.3 Å². The first-order valence-corrected chi connectivity index (χ1v) is 7.75. The number of hydrogen-bond acceptors (Lipinski definition) is 4. The van der Waals surface area contributed by atoms with Crippen molar-refractivity contribution in [3.8, 4) is 11.5 Å². The fourth-order valence-corrected chi connectivity index (χ4v) is 2.50. The lowest BCUT2D eigenvalue weighted by Gasteiger charge is -2.29. The highest BCUT2D eigenvalue weighted by Gasteiger charge is 2.30. The van der Waals surface area contributed by atoms with E-state index in [0.29, 0.717) is 22.6 Å². The molecule has 0 aliphatic heterocycles. The normalized spacial score (nSPS) is 13.0. The van der Waals surface area contributed by atoms with E-state index < -0.39 is 5.60 Å². The predicted octanol–water partition coefficient (Wildman–Crippen LogP) is 3.13. The molecule has 0 radical (unpaired) electrons. The van der Waals surface area contributed by atoms with E-state index in [2.05, 4.69) is 5.32 Å². The molecule has 0 spiro atoms. The Labute approximate surface area is 146 Å². The van der Waals surface area contributed by atoms with Crippen molar-refractivity contribution >= 4 is 5.91 Å². The minimum atomic E-state index is -0.999. The van der Waals surface area contributed by atoms with Gasteiger partial charge in [0.1, 0.15) is 22.9 Å². The number of benzene rings is 2. The van der Waals surface area contributed by atoms with Crippen LogP contribution < -0.4 is 14.8 Å². The van der Waals surface area contributed by atoms with Gasteiger partial charge in [0.05, 0.1) is 26.3 Å². The molecule has 1 amide bonds. The minimum absolute atomic E-state index is 0.0957. The van der Waals surface area contributed by atoms with Crippen LogP contribution in [0.25, 0.3) is 0 Å². The number of methoxy groups -OCH3 is 3. The average Bonchev–Trinajstić information content (AvgIpc) is 2.65.